The van der Waals surface area contributed by atoms with Gasteiger partial charge < -0.3 is 10.4 Å². The van der Waals surface area contributed by atoms with Gasteiger partial charge in [0, 0.05) is 10.4 Å². The van der Waals surface area contributed by atoms with E-state index < -0.39 is 30.2 Å². The SMILES string of the molecule is O=C(Cc1ccc(Cl)s1)NC(CO)c1c(F)cccc1F. The van der Waals surface area contributed by atoms with Gasteiger partial charge in [0.05, 0.1) is 23.4 Å². The molecular formula is C14H12ClF2NO2S. The molecule has 112 valence electrons. The topological polar surface area (TPSA) is 49.3 Å². The van der Waals surface area contributed by atoms with Crippen molar-refractivity contribution in [2.45, 2.75) is 12.5 Å². The molecule has 0 spiro atoms. The maximum atomic E-state index is 13.7. The lowest BCUT2D eigenvalue weighted by molar-refractivity contribution is -0.121. The highest BCUT2D eigenvalue weighted by molar-refractivity contribution is 7.16. The van der Waals surface area contributed by atoms with Crippen molar-refractivity contribution >= 4 is 28.8 Å². The van der Waals surface area contributed by atoms with Crippen LogP contribution in [0.5, 0.6) is 0 Å². The molecule has 21 heavy (non-hydrogen) atoms. The molecule has 0 fully saturated rings. The largest absolute Gasteiger partial charge is 0.394 e. The zero-order valence-electron chi connectivity index (χ0n) is 10.8. The van der Waals surface area contributed by atoms with Crippen molar-refractivity contribution in [3.63, 3.8) is 0 Å². The Labute approximate surface area is 129 Å². The number of halogens is 3. The predicted octanol–water partition coefficient (Wildman–Crippen LogP) is 3.07. The lowest BCUT2D eigenvalue weighted by atomic mass is 10.1. The smallest absolute Gasteiger partial charge is 0.225 e. The Balaban J connectivity index is 2.10. The summed E-state index contributed by atoms with van der Waals surface area (Å²) < 4.78 is 27.9. The minimum Gasteiger partial charge on any atom is -0.394 e. The monoisotopic (exact) mass is 331 g/mol. The van der Waals surface area contributed by atoms with Crippen LogP contribution in [0.4, 0.5) is 8.78 Å². The van der Waals surface area contributed by atoms with Gasteiger partial charge in [-0.25, -0.2) is 8.78 Å². The fourth-order valence-corrected chi connectivity index (χ4v) is 2.99. The van der Waals surface area contributed by atoms with Crippen LogP contribution in [0, 0.1) is 11.6 Å². The number of carbonyl (C=O) groups is 1. The molecule has 1 amide bonds. The second kappa shape index (κ2) is 6.98. The highest BCUT2D eigenvalue weighted by Crippen LogP contribution is 2.23. The van der Waals surface area contributed by atoms with Crippen molar-refractivity contribution in [1.82, 2.24) is 5.32 Å². The summed E-state index contributed by atoms with van der Waals surface area (Å²) in [6.07, 6.45) is 0.0317. The van der Waals surface area contributed by atoms with Gasteiger partial charge in [-0.05, 0) is 24.3 Å². The van der Waals surface area contributed by atoms with Crippen LogP contribution in [0.3, 0.4) is 0 Å². The number of amides is 1. The van der Waals surface area contributed by atoms with Gasteiger partial charge in [0.15, 0.2) is 0 Å². The number of nitrogens with one attached hydrogen (secondary N) is 1. The maximum Gasteiger partial charge on any atom is 0.225 e. The summed E-state index contributed by atoms with van der Waals surface area (Å²) >= 11 is 7.01. The summed E-state index contributed by atoms with van der Waals surface area (Å²) in [5.41, 5.74) is -0.349. The summed E-state index contributed by atoms with van der Waals surface area (Å²) in [7, 11) is 0. The molecule has 0 aliphatic rings. The Morgan fingerprint density at radius 3 is 2.48 bits per heavy atom. The van der Waals surface area contributed by atoms with E-state index in [0.717, 1.165) is 17.0 Å². The zero-order chi connectivity index (χ0) is 15.4. The maximum absolute atomic E-state index is 13.7. The van der Waals surface area contributed by atoms with E-state index in [1.807, 2.05) is 0 Å². The van der Waals surface area contributed by atoms with Crippen LogP contribution >= 0.6 is 22.9 Å². The molecular weight excluding hydrogens is 320 g/mol. The van der Waals surface area contributed by atoms with Crippen LogP contribution in [0.15, 0.2) is 30.3 Å². The van der Waals surface area contributed by atoms with E-state index in [9.17, 15) is 18.7 Å². The minimum absolute atomic E-state index is 0.0317. The van der Waals surface area contributed by atoms with Gasteiger partial charge in [-0.15, -0.1) is 11.3 Å². The molecule has 7 heteroatoms. The van der Waals surface area contributed by atoms with Crippen molar-refractivity contribution in [3.05, 3.63) is 56.7 Å². The van der Waals surface area contributed by atoms with Gasteiger partial charge >= 0.3 is 0 Å². The first-order valence-corrected chi connectivity index (χ1v) is 7.29. The minimum atomic E-state index is -1.13. The fraction of sp³-hybridized carbons (Fsp3) is 0.214. The standard InChI is InChI=1S/C14H12ClF2NO2S/c15-12-5-4-8(21-12)6-13(20)18-11(7-19)14-9(16)2-1-3-10(14)17/h1-5,11,19H,6-7H2,(H,18,20). The van der Waals surface area contributed by atoms with Crippen molar-refractivity contribution in [1.29, 1.82) is 0 Å². The molecule has 0 aliphatic heterocycles. The number of aliphatic hydroxyl groups is 1. The molecule has 0 saturated carbocycles. The summed E-state index contributed by atoms with van der Waals surface area (Å²) in [5, 5.41) is 11.7. The lowest BCUT2D eigenvalue weighted by Crippen LogP contribution is -2.33. The number of rotatable bonds is 5. The Morgan fingerprint density at radius 2 is 1.95 bits per heavy atom. The van der Waals surface area contributed by atoms with Gasteiger partial charge in [-0.2, -0.15) is 0 Å². The molecule has 2 N–H and O–H groups in total. The van der Waals surface area contributed by atoms with E-state index in [2.05, 4.69) is 5.32 Å². The Kier molecular flexibility index (Phi) is 5.27. The fourth-order valence-electron chi connectivity index (χ4n) is 1.90. The third kappa shape index (κ3) is 4.00. The lowest BCUT2D eigenvalue weighted by Gasteiger charge is -2.17. The second-order valence-electron chi connectivity index (χ2n) is 4.32. The van der Waals surface area contributed by atoms with Gasteiger partial charge in [0.2, 0.25) is 5.91 Å². The molecule has 1 unspecified atom stereocenters. The average molecular weight is 332 g/mol. The van der Waals surface area contributed by atoms with Crippen LogP contribution < -0.4 is 5.32 Å². The number of carbonyl (C=O) groups excluding carboxylic acids is 1. The molecule has 0 radical (unpaired) electrons. The van der Waals surface area contributed by atoms with Crippen molar-refractivity contribution in [3.8, 4) is 0 Å². The third-order valence-corrected chi connectivity index (χ3v) is 4.06. The average Bonchev–Trinajstić information content (AvgIpc) is 2.82. The quantitative estimate of drug-likeness (QED) is 0.884. The molecule has 2 rings (SSSR count). The van der Waals surface area contributed by atoms with Gasteiger partial charge in [0.25, 0.3) is 0 Å². The molecule has 0 bridgehead atoms. The number of hydrogen-bond donors (Lipinski definition) is 2. The van der Waals surface area contributed by atoms with Crippen LogP contribution in [0.1, 0.15) is 16.5 Å². The van der Waals surface area contributed by atoms with Crippen LogP contribution in [-0.2, 0) is 11.2 Å². The van der Waals surface area contributed by atoms with E-state index in [-0.39, 0.29) is 12.0 Å². The molecule has 1 atom stereocenters. The van der Waals surface area contributed by atoms with E-state index in [0.29, 0.717) is 4.34 Å². The zero-order valence-corrected chi connectivity index (χ0v) is 12.3. The van der Waals surface area contributed by atoms with Crippen LogP contribution in [0.2, 0.25) is 4.34 Å². The summed E-state index contributed by atoms with van der Waals surface area (Å²) in [4.78, 5) is 12.6. The van der Waals surface area contributed by atoms with Crippen molar-refractivity contribution < 1.29 is 18.7 Å². The van der Waals surface area contributed by atoms with E-state index in [4.69, 9.17) is 11.6 Å². The second-order valence-corrected chi connectivity index (χ2v) is 6.12. The number of thiophene rings is 1. The summed E-state index contributed by atoms with van der Waals surface area (Å²) in [6.45, 7) is -0.602. The number of benzene rings is 1. The first-order valence-electron chi connectivity index (χ1n) is 6.09. The summed E-state index contributed by atoms with van der Waals surface area (Å²) in [6, 6.07) is 5.60. The van der Waals surface area contributed by atoms with Crippen molar-refractivity contribution in [2.24, 2.45) is 0 Å². The normalized spacial score (nSPS) is 12.2. The molecule has 1 aromatic carbocycles. The summed E-state index contributed by atoms with van der Waals surface area (Å²) in [5.74, 6) is -2.07. The van der Waals surface area contributed by atoms with E-state index in [1.165, 1.54) is 17.4 Å². The number of hydrogen-bond acceptors (Lipinski definition) is 3. The Bertz CT molecular complexity index is 627. The first-order chi connectivity index (χ1) is 10.0. The molecule has 1 heterocycles. The molecule has 1 aromatic heterocycles. The van der Waals surface area contributed by atoms with Crippen LogP contribution in [0.25, 0.3) is 0 Å². The van der Waals surface area contributed by atoms with Gasteiger partial charge in [-0.1, -0.05) is 17.7 Å². The molecule has 2 aromatic rings. The van der Waals surface area contributed by atoms with Gasteiger partial charge in [-0.3, -0.25) is 4.79 Å². The van der Waals surface area contributed by atoms with Gasteiger partial charge in [0.1, 0.15) is 11.6 Å². The Morgan fingerprint density at radius 1 is 1.29 bits per heavy atom. The number of aliphatic hydroxyl groups excluding tert-OH is 1. The third-order valence-electron chi connectivity index (χ3n) is 2.83. The highest BCUT2D eigenvalue weighted by atomic mass is 35.5. The highest BCUT2D eigenvalue weighted by Gasteiger charge is 2.21. The molecule has 3 nitrogen and oxygen atoms in total. The van der Waals surface area contributed by atoms with E-state index in [1.54, 1.807) is 12.1 Å². The molecule has 0 aliphatic carbocycles. The first kappa shape index (κ1) is 15.9. The van der Waals surface area contributed by atoms with Crippen LogP contribution in [-0.4, -0.2) is 17.6 Å². The Hall–Kier alpha value is -1.50. The van der Waals surface area contributed by atoms with Crippen molar-refractivity contribution in [2.75, 3.05) is 6.61 Å². The molecule has 0 saturated heterocycles. The predicted molar refractivity (Wildman–Crippen MR) is 77.4 cm³/mol. The van der Waals surface area contributed by atoms with E-state index >= 15 is 0 Å².